The van der Waals surface area contributed by atoms with Crippen LogP contribution in [0, 0.1) is 177 Å². The number of Topliss-reactive ketones (excluding diaryl/α,β-unsaturated/α-hetero) is 9. The summed E-state index contributed by atoms with van der Waals surface area (Å²) in [5, 5.41) is 0. The summed E-state index contributed by atoms with van der Waals surface area (Å²) >= 11 is 0. The van der Waals surface area contributed by atoms with Gasteiger partial charge in [-0.1, -0.05) is 274 Å². The zero-order valence-corrected chi connectivity index (χ0v) is 86.3. The summed E-state index contributed by atoms with van der Waals surface area (Å²) < 4.78 is 0. The fraction of sp³-hybridized carbons (Fsp3) is 0.860. The van der Waals surface area contributed by atoms with Crippen LogP contribution in [0.15, 0.2) is 36.4 Å². The lowest BCUT2D eigenvalue weighted by molar-refractivity contribution is -0.138. The Morgan fingerprint density at radius 1 is 0.454 bits per heavy atom. The molecule has 0 aliphatic heterocycles. The van der Waals surface area contributed by atoms with Gasteiger partial charge in [0.15, 0.2) is 0 Å². The van der Waals surface area contributed by atoms with Gasteiger partial charge >= 0.3 is 0 Å². The van der Waals surface area contributed by atoms with Crippen molar-refractivity contribution < 1.29 is 43.2 Å². The van der Waals surface area contributed by atoms with E-state index in [4.69, 9.17) is 6.58 Å². The van der Waals surface area contributed by atoms with Crippen molar-refractivity contribution in [2.75, 3.05) is 0 Å². The van der Waals surface area contributed by atoms with Crippen LogP contribution in [0.25, 0.3) is 0 Å². The fourth-order valence-electron chi connectivity index (χ4n) is 31.6. The summed E-state index contributed by atoms with van der Waals surface area (Å²) in [5.41, 5.74) is 1.95. The van der Waals surface area contributed by atoms with Crippen LogP contribution in [0.1, 0.15) is 480 Å². The number of unbranched alkanes of at least 4 members (excludes halogenated alkanes) is 4. The number of fused-ring (bicyclic) bond motifs is 13. The highest BCUT2D eigenvalue weighted by molar-refractivity contribution is 5.94. The van der Waals surface area contributed by atoms with E-state index in [1.54, 1.807) is 13.8 Å². The molecule has 130 heavy (non-hydrogen) atoms. The number of hydrogen-bond donors (Lipinski definition) is 0. The second kappa shape index (κ2) is 52.1. The average Bonchev–Trinajstić information content (AvgIpc) is 0.943. The van der Waals surface area contributed by atoms with Crippen LogP contribution < -0.4 is 0 Å². The second-order valence-corrected chi connectivity index (χ2v) is 50.8. The molecule has 1 aromatic carbocycles. The lowest BCUT2D eigenvalue weighted by Crippen LogP contribution is -2.43. The van der Waals surface area contributed by atoms with Gasteiger partial charge in [0.25, 0.3) is 0 Å². The molecule has 11 aliphatic carbocycles. The van der Waals surface area contributed by atoms with E-state index in [0.29, 0.717) is 124 Å². The molecule has 9 saturated carbocycles. The number of carbonyl (C=O) groups excluding carboxylic acids is 9. The molecule has 0 saturated heterocycles. The van der Waals surface area contributed by atoms with Crippen molar-refractivity contribution in [2.45, 2.75) is 482 Å². The Hall–Kier alpha value is -4.01. The molecule has 12 rings (SSSR count). The third kappa shape index (κ3) is 32.3. The summed E-state index contributed by atoms with van der Waals surface area (Å²) in [6.07, 6.45) is 58.2. The van der Waals surface area contributed by atoms with E-state index in [9.17, 15) is 14.4 Å². The molecule has 25 atom stereocenters. The van der Waals surface area contributed by atoms with Crippen LogP contribution in [-0.2, 0) is 56.0 Å². The standard InChI is InChI=1S/C121H196O9/c1-80(2)61-104-70-92(69-99-42-26-29-49-111(99)104)64-83(7)95-44-32-45-98(71-95)96(40-21-17-19-34-87(11)123)65-85(9)109-47-27-25-43-100(109)74-115(126)106(68-91-55-56-93-38-22-23-41-97(93)67-91)76-116(127)105-66-90-53-51-88(52-54-90)36-30-46-107(124)60-59-102-73-108(125)78-112(82(5)6)117(128)75-103(72-101-58-57-94-39-24-28-48-110(94)101)84(8)63-89(35-20-16-18-33-86(10)122)37-31-50-113(118(129)77-105)120(12,13)79-121(14,15)114(119(102)130)62-81(3)4/h51-54,80-83,85,89,91-106,109-114H,8,16-50,55-79H2,1-7,9-15H3/t83?,85?,89-,91?,92-,93?,94?,95?,96+,97?,98?,99?,100?,101?,102?,103+,104?,105?,106?,109?,110?,111?,112-,113?,114?/m0/s1. The Morgan fingerprint density at radius 3 is 1.79 bits per heavy atom. The predicted octanol–water partition coefficient (Wildman–Crippen LogP) is 31.7. The lowest BCUT2D eigenvalue weighted by atomic mass is 9.59. The topological polar surface area (TPSA) is 154 Å². The minimum Gasteiger partial charge on any atom is -0.300 e. The highest BCUT2D eigenvalue weighted by atomic mass is 16.2. The Balaban J connectivity index is 0.903. The molecule has 4 bridgehead atoms. The Labute approximate surface area is 796 Å². The first kappa shape index (κ1) is 106. The van der Waals surface area contributed by atoms with Gasteiger partial charge in [0.2, 0.25) is 0 Å². The van der Waals surface area contributed by atoms with E-state index in [2.05, 4.69) is 107 Å². The Morgan fingerprint density at radius 2 is 1.08 bits per heavy atom. The minimum absolute atomic E-state index is 0.00403. The summed E-state index contributed by atoms with van der Waals surface area (Å²) in [6.45, 7) is 36.2. The Bertz CT molecular complexity index is 3710. The number of benzene rings is 1. The first-order valence-corrected chi connectivity index (χ1v) is 56.6. The van der Waals surface area contributed by atoms with Crippen molar-refractivity contribution in [3.05, 3.63) is 47.5 Å². The second-order valence-electron chi connectivity index (χ2n) is 50.8. The van der Waals surface area contributed by atoms with Gasteiger partial charge in [0.1, 0.15) is 52.0 Å². The summed E-state index contributed by atoms with van der Waals surface area (Å²) in [4.78, 5) is 136. The quantitative estimate of drug-likeness (QED) is 0.0484. The first-order valence-electron chi connectivity index (χ1n) is 56.6. The molecular formula is C121H196O9. The van der Waals surface area contributed by atoms with Gasteiger partial charge in [0, 0.05) is 99.7 Å². The van der Waals surface area contributed by atoms with E-state index in [0.717, 1.165) is 179 Å². The maximum Gasteiger partial charge on any atom is 0.140 e. The summed E-state index contributed by atoms with van der Waals surface area (Å²) in [5.74, 6) is 10.6. The van der Waals surface area contributed by atoms with Crippen LogP contribution in [0.2, 0.25) is 0 Å². The third-order valence-electron chi connectivity index (χ3n) is 38.4. The summed E-state index contributed by atoms with van der Waals surface area (Å²) in [7, 11) is 0. The van der Waals surface area contributed by atoms with Crippen molar-refractivity contribution in [3.8, 4) is 0 Å². The number of allylic oxidation sites excluding steroid dienone is 1. The lowest BCUT2D eigenvalue weighted by Gasteiger charge is -2.47. The maximum absolute atomic E-state index is 16.9. The van der Waals surface area contributed by atoms with Crippen molar-refractivity contribution in [2.24, 2.45) is 177 Å². The zero-order chi connectivity index (χ0) is 93.3. The van der Waals surface area contributed by atoms with Crippen molar-refractivity contribution in [1.82, 2.24) is 0 Å². The van der Waals surface area contributed by atoms with E-state index in [-0.39, 0.29) is 109 Å². The molecule has 1 aromatic rings. The molecule has 11 aliphatic rings. The van der Waals surface area contributed by atoms with Gasteiger partial charge in [-0.25, -0.2) is 0 Å². The van der Waals surface area contributed by atoms with Crippen LogP contribution in [0.5, 0.6) is 0 Å². The number of carbonyl (C=O) groups is 9. The first-order chi connectivity index (χ1) is 62.1. The third-order valence-corrected chi connectivity index (χ3v) is 38.4. The maximum atomic E-state index is 16.9. The Kier molecular flexibility index (Phi) is 42.7. The van der Waals surface area contributed by atoms with Crippen LogP contribution in [0.4, 0.5) is 0 Å². The van der Waals surface area contributed by atoms with Gasteiger partial charge in [-0.2, -0.15) is 0 Å². The van der Waals surface area contributed by atoms with Gasteiger partial charge in [0.05, 0.1) is 0 Å². The average molecular weight is 1790 g/mol. The van der Waals surface area contributed by atoms with Crippen molar-refractivity contribution in [3.63, 3.8) is 0 Å². The normalized spacial score (nSPS) is 33.8. The van der Waals surface area contributed by atoms with Crippen molar-refractivity contribution >= 4 is 52.0 Å². The SMILES string of the molecule is C=C1C[C@@H](CCCCCC(C)=O)CCCC2C(=O)CC(C(=O)CC(CC3CCC4CCCCC4C3)C(=O)CC3CCCCC3C(C)C[C@@H](CCCCCC(C)=O)C3CCCC(C(C)C[C@H]4CC5CCCCC5C(CC(C)C)C4)C3)Cc3ccc(cc3)CCCC(=O)CCC(CC(=O)C[C@@H](C(C)C)C(=O)C[C@H]1CC1CCC3CCCCC31)C(=O)C(CC(C)C)C(C)(C)CC2(C)C. The van der Waals surface area contributed by atoms with Crippen LogP contribution >= 0.6 is 0 Å². The molecule has 20 unspecified atom stereocenters. The molecule has 9 fully saturated rings. The van der Waals surface area contributed by atoms with Gasteiger partial charge in [-0.05, 0) is 333 Å². The molecule has 9 nitrogen and oxygen atoms in total. The molecule has 0 N–H and O–H groups in total. The monoisotopic (exact) mass is 1790 g/mol. The summed E-state index contributed by atoms with van der Waals surface area (Å²) in [6, 6.07) is 8.64. The van der Waals surface area contributed by atoms with E-state index >= 15 is 28.8 Å². The predicted molar refractivity (Wildman–Crippen MR) is 538 cm³/mol. The number of aryl methyl sites for hydroxylation is 1. The van der Waals surface area contributed by atoms with E-state index in [1.807, 2.05) is 0 Å². The van der Waals surface area contributed by atoms with E-state index in [1.165, 1.54) is 173 Å². The highest BCUT2D eigenvalue weighted by Crippen LogP contribution is 2.56. The van der Waals surface area contributed by atoms with Gasteiger partial charge in [-0.3, -0.25) is 33.6 Å². The molecule has 0 heterocycles. The number of ketones is 9. The zero-order valence-electron chi connectivity index (χ0n) is 86.3. The molecule has 9 heteroatoms. The molecule has 0 amide bonds. The van der Waals surface area contributed by atoms with Crippen molar-refractivity contribution in [1.29, 1.82) is 0 Å². The molecular weight excluding hydrogens is 1600 g/mol. The number of hydrogen-bond acceptors (Lipinski definition) is 9. The molecule has 0 radical (unpaired) electrons. The molecule has 0 spiro atoms. The van der Waals surface area contributed by atoms with Crippen LogP contribution in [-0.4, -0.2) is 52.0 Å². The fourth-order valence-corrected chi connectivity index (χ4v) is 31.6. The van der Waals surface area contributed by atoms with Gasteiger partial charge in [-0.15, -0.1) is 0 Å². The largest absolute Gasteiger partial charge is 0.300 e. The highest BCUT2D eigenvalue weighted by Gasteiger charge is 2.49. The van der Waals surface area contributed by atoms with Gasteiger partial charge < -0.3 is 9.59 Å². The number of rotatable bonds is 34. The van der Waals surface area contributed by atoms with E-state index < -0.39 is 46.3 Å². The minimum atomic E-state index is -0.703. The molecule has 0 aromatic heterocycles. The van der Waals surface area contributed by atoms with Crippen LogP contribution in [0.3, 0.4) is 0 Å². The molecule has 734 valence electrons. The smallest absolute Gasteiger partial charge is 0.140 e.